The van der Waals surface area contributed by atoms with Crippen LogP contribution < -0.4 is 10.5 Å². The van der Waals surface area contributed by atoms with E-state index in [9.17, 15) is 0 Å². The van der Waals surface area contributed by atoms with Crippen LogP contribution in [0.4, 0.5) is 0 Å². The second kappa shape index (κ2) is 4.94. The van der Waals surface area contributed by atoms with Crippen LogP contribution in [0.25, 0.3) is 10.8 Å². The molecule has 0 aliphatic rings. The van der Waals surface area contributed by atoms with Gasteiger partial charge < -0.3 is 10.5 Å². The number of methoxy groups -OCH3 is 1. The van der Waals surface area contributed by atoms with Crippen LogP contribution in [0.5, 0.6) is 5.75 Å². The van der Waals surface area contributed by atoms with Gasteiger partial charge in [0, 0.05) is 11.1 Å². The summed E-state index contributed by atoms with van der Waals surface area (Å²) in [5.74, 6) is 0.886. The minimum Gasteiger partial charge on any atom is -0.496 e. The second-order valence-corrected chi connectivity index (χ2v) is 4.77. The standard InChI is InChI=1S/C14H16ClNO/c1-9(16)5-12-6-11-7-13(15)4-3-10(11)8-14(12)17-2/h3-4,6-9H,5,16H2,1-2H3. The molecule has 0 bridgehead atoms. The molecule has 0 aliphatic carbocycles. The average molecular weight is 250 g/mol. The van der Waals surface area contributed by atoms with E-state index in [2.05, 4.69) is 6.07 Å². The van der Waals surface area contributed by atoms with Gasteiger partial charge in [0.15, 0.2) is 0 Å². The Kier molecular flexibility index (Phi) is 3.55. The van der Waals surface area contributed by atoms with Gasteiger partial charge in [-0.3, -0.25) is 0 Å². The van der Waals surface area contributed by atoms with Gasteiger partial charge >= 0.3 is 0 Å². The van der Waals surface area contributed by atoms with E-state index < -0.39 is 0 Å². The first-order valence-electron chi connectivity index (χ1n) is 5.62. The van der Waals surface area contributed by atoms with E-state index in [1.807, 2.05) is 31.2 Å². The normalized spacial score (nSPS) is 12.7. The fourth-order valence-electron chi connectivity index (χ4n) is 1.99. The van der Waals surface area contributed by atoms with Crippen molar-refractivity contribution in [1.82, 2.24) is 0 Å². The zero-order chi connectivity index (χ0) is 12.4. The lowest BCUT2D eigenvalue weighted by atomic mass is 10.0. The van der Waals surface area contributed by atoms with Crippen LogP contribution in [-0.2, 0) is 6.42 Å². The van der Waals surface area contributed by atoms with Crippen LogP contribution in [-0.4, -0.2) is 13.2 Å². The van der Waals surface area contributed by atoms with Crippen molar-refractivity contribution in [3.05, 3.63) is 40.9 Å². The maximum Gasteiger partial charge on any atom is 0.122 e. The Labute approximate surface area is 106 Å². The molecule has 1 unspecified atom stereocenters. The molecule has 2 aromatic carbocycles. The van der Waals surface area contributed by atoms with Gasteiger partial charge in [-0.15, -0.1) is 0 Å². The minimum absolute atomic E-state index is 0.112. The van der Waals surface area contributed by atoms with Crippen LogP contribution in [0.3, 0.4) is 0 Å². The van der Waals surface area contributed by atoms with Crippen molar-refractivity contribution >= 4 is 22.4 Å². The van der Waals surface area contributed by atoms with Gasteiger partial charge in [-0.2, -0.15) is 0 Å². The second-order valence-electron chi connectivity index (χ2n) is 4.34. The molecule has 0 aliphatic heterocycles. The van der Waals surface area contributed by atoms with E-state index in [0.29, 0.717) is 0 Å². The highest BCUT2D eigenvalue weighted by atomic mass is 35.5. The molecule has 0 aromatic heterocycles. The highest BCUT2D eigenvalue weighted by Gasteiger charge is 2.08. The van der Waals surface area contributed by atoms with Crippen LogP contribution in [0.1, 0.15) is 12.5 Å². The Hall–Kier alpha value is -1.25. The molecule has 0 saturated carbocycles. The molecule has 2 rings (SSSR count). The molecule has 0 spiro atoms. The van der Waals surface area contributed by atoms with Gasteiger partial charge in [-0.05, 0) is 53.9 Å². The van der Waals surface area contributed by atoms with E-state index in [4.69, 9.17) is 22.1 Å². The van der Waals surface area contributed by atoms with Crippen molar-refractivity contribution in [2.45, 2.75) is 19.4 Å². The van der Waals surface area contributed by atoms with Crippen molar-refractivity contribution in [1.29, 1.82) is 0 Å². The summed E-state index contributed by atoms with van der Waals surface area (Å²) in [4.78, 5) is 0. The van der Waals surface area contributed by atoms with Gasteiger partial charge in [0.2, 0.25) is 0 Å². The summed E-state index contributed by atoms with van der Waals surface area (Å²) in [7, 11) is 1.68. The molecule has 17 heavy (non-hydrogen) atoms. The number of rotatable bonds is 3. The van der Waals surface area contributed by atoms with Gasteiger partial charge in [0.25, 0.3) is 0 Å². The molecular weight excluding hydrogens is 234 g/mol. The molecule has 2 aromatic rings. The van der Waals surface area contributed by atoms with Gasteiger partial charge in [-0.1, -0.05) is 17.7 Å². The van der Waals surface area contributed by atoms with Crippen molar-refractivity contribution < 1.29 is 4.74 Å². The maximum atomic E-state index is 5.99. The Morgan fingerprint density at radius 3 is 2.65 bits per heavy atom. The Morgan fingerprint density at radius 2 is 2.00 bits per heavy atom. The van der Waals surface area contributed by atoms with Crippen LogP contribution in [0.2, 0.25) is 5.02 Å². The summed E-state index contributed by atoms with van der Waals surface area (Å²) in [5, 5.41) is 2.99. The number of hydrogen-bond acceptors (Lipinski definition) is 2. The molecule has 1 atom stereocenters. The molecule has 90 valence electrons. The van der Waals surface area contributed by atoms with E-state index in [-0.39, 0.29) is 6.04 Å². The first kappa shape index (κ1) is 12.2. The topological polar surface area (TPSA) is 35.2 Å². The van der Waals surface area contributed by atoms with Crippen molar-refractivity contribution in [2.75, 3.05) is 7.11 Å². The molecule has 0 amide bonds. The zero-order valence-corrected chi connectivity index (χ0v) is 10.8. The zero-order valence-electron chi connectivity index (χ0n) is 10.0. The lowest BCUT2D eigenvalue weighted by Gasteiger charge is -2.12. The van der Waals surface area contributed by atoms with E-state index in [1.54, 1.807) is 7.11 Å². The summed E-state index contributed by atoms with van der Waals surface area (Å²) in [6.07, 6.45) is 0.797. The number of hydrogen-bond donors (Lipinski definition) is 1. The van der Waals surface area contributed by atoms with Crippen molar-refractivity contribution in [3.63, 3.8) is 0 Å². The third-order valence-corrected chi connectivity index (χ3v) is 2.98. The summed E-state index contributed by atoms with van der Waals surface area (Å²) in [6.45, 7) is 1.99. The molecule has 0 heterocycles. The predicted molar refractivity (Wildman–Crippen MR) is 72.9 cm³/mol. The molecule has 0 fully saturated rings. The van der Waals surface area contributed by atoms with E-state index in [1.165, 1.54) is 0 Å². The van der Waals surface area contributed by atoms with Crippen LogP contribution >= 0.6 is 11.6 Å². The Balaban J connectivity index is 2.57. The molecule has 3 heteroatoms. The van der Waals surface area contributed by atoms with E-state index >= 15 is 0 Å². The summed E-state index contributed by atoms with van der Waals surface area (Å²) < 4.78 is 5.40. The minimum atomic E-state index is 0.112. The molecular formula is C14H16ClNO. The number of benzene rings is 2. The first-order chi connectivity index (χ1) is 8.10. The number of halogens is 1. The number of fused-ring (bicyclic) bond motifs is 1. The fraction of sp³-hybridized carbons (Fsp3) is 0.286. The lowest BCUT2D eigenvalue weighted by Crippen LogP contribution is -2.18. The van der Waals surface area contributed by atoms with Crippen molar-refractivity contribution in [3.8, 4) is 5.75 Å². The molecule has 2 nitrogen and oxygen atoms in total. The lowest BCUT2D eigenvalue weighted by molar-refractivity contribution is 0.409. The highest BCUT2D eigenvalue weighted by molar-refractivity contribution is 6.31. The SMILES string of the molecule is COc1cc2ccc(Cl)cc2cc1CC(C)N. The highest BCUT2D eigenvalue weighted by Crippen LogP contribution is 2.28. The quantitative estimate of drug-likeness (QED) is 0.905. The van der Waals surface area contributed by atoms with Gasteiger partial charge in [-0.25, -0.2) is 0 Å². The van der Waals surface area contributed by atoms with E-state index in [0.717, 1.165) is 33.5 Å². The predicted octanol–water partition coefficient (Wildman–Crippen LogP) is 3.39. The molecule has 2 N–H and O–H groups in total. The third-order valence-electron chi connectivity index (χ3n) is 2.74. The first-order valence-corrected chi connectivity index (χ1v) is 5.99. The summed E-state index contributed by atoms with van der Waals surface area (Å²) in [6, 6.07) is 10.1. The number of ether oxygens (including phenoxy) is 1. The monoisotopic (exact) mass is 249 g/mol. The largest absolute Gasteiger partial charge is 0.496 e. The number of nitrogens with two attached hydrogens (primary N) is 1. The van der Waals surface area contributed by atoms with Gasteiger partial charge in [0.05, 0.1) is 7.11 Å². The average Bonchev–Trinajstić information content (AvgIpc) is 2.27. The van der Waals surface area contributed by atoms with Gasteiger partial charge in [0.1, 0.15) is 5.75 Å². The van der Waals surface area contributed by atoms with Crippen molar-refractivity contribution in [2.24, 2.45) is 5.73 Å². The molecule has 0 saturated heterocycles. The Morgan fingerprint density at radius 1 is 1.24 bits per heavy atom. The smallest absolute Gasteiger partial charge is 0.122 e. The fourth-order valence-corrected chi connectivity index (χ4v) is 2.17. The molecule has 0 radical (unpaired) electrons. The summed E-state index contributed by atoms with van der Waals surface area (Å²) >= 11 is 5.99. The Bertz CT molecular complexity index is 537. The van der Waals surface area contributed by atoms with Crippen LogP contribution in [0, 0.1) is 0 Å². The maximum absolute atomic E-state index is 5.99. The summed E-state index contributed by atoms with van der Waals surface area (Å²) in [5.41, 5.74) is 6.96. The van der Waals surface area contributed by atoms with Crippen LogP contribution in [0.15, 0.2) is 30.3 Å². The third kappa shape index (κ3) is 2.71.